The Hall–Kier alpha value is -2.12. The first kappa shape index (κ1) is 22.2. The van der Waals surface area contributed by atoms with Gasteiger partial charge in [-0.25, -0.2) is 4.99 Å². The van der Waals surface area contributed by atoms with Gasteiger partial charge in [0.15, 0.2) is 0 Å². The van der Waals surface area contributed by atoms with Gasteiger partial charge >= 0.3 is 0 Å². The summed E-state index contributed by atoms with van der Waals surface area (Å²) >= 11 is 7.50. The molecule has 1 heterocycles. The Morgan fingerprint density at radius 1 is 1.25 bits per heavy atom. The molecular formula is C20H27ClN4O2S. The molecule has 0 spiro atoms. The van der Waals surface area contributed by atoms with Gasteiger partial charge in [0.2, 0.25) is 0 Å². The van der Waals surface area contributed by atoms with Crippen LogP contribution in [0.1, 0.15) is 44.5 Å². The molecule has 28 heavy (non-hydrogen) atoms. The topological polar surface area (TPSA) is 59.3 Å². The lowest BCUT2D eigenvalue weighted by atomic mass is 10.1. The maximum absolute atomic E-state index is 6.25. The molecule has 0 N–H and O–H groups in total. The number of aryl methyl sites for hydroxylation is 2. The van der Waals surface area contributed by atoms with E-state index in [1.807, 2.05) is 65.0 Å². The van der Waals surface area contributed by atoms with Crippen LogP contribution in [0.3, 0.4) is 0 Å². The van der Waals surface area contributed by atoms with Crippen LogP contribution in [0.15, 0.2) is 22.3 Å². The number of nitrogens with zero attached hydrogens (tertiary/aromatic N) is 4. The summed E-state index contributed by atoms with van der Waals surface area (Å²) in [5.41, 5.74) is 3.04. The number of hydrogen-bond acceptors (Lipinski definition) is 6. The average molecular weight is 423 g/mol. The predicted molar refractivity (Wildman–Crippen MR) is 118 cm³/mol. The summed E-state index contributed by atoms with van der Waals surface area (Å²) in [4.78, 5) is 16.3. The quantitative estimate of drug-likeness (QED) is 0.313. The third-order valence-electron chi connectivity index (χ3n) is 3.68. The molecule has 1 aromatic carbocycles. The standard InChI is InChI=1S/C20H27ClN4O2S/c1-8-25(7)12-22-15-9-14(3)17(10-13(15)2)26-19-24-16(18(21)28-19)11-23-27-20(4,5)6/h9-12H,8H2,1-7H3/b22-12?,23-11+. The Kier molecular flexibility index (Phi) is 7.43. The van der Waals surface area contributed by atoms with Crippen LogP contribution in [0.5, 0.6) is 10.9 Å². The molecule has 2 rings (SSSR count). The number of aromatic nitrogens is 1. The fraction of sp³-hybridized carbons (Fsp3) is 0.450. The second-order valence-electron chi connectivity index (χ2n) is 7.40. The Morgan fingerprint density at radius 3 is 2.61 bits per heavy atom. The van der Waals surface area contributed by atoms with Crippen LogP contribution in [0.4, 0.5) is 5.69 Å². The molecule has 0 radical (unpaired) electrons. The van der Waals surface area contributed by atoms with E-state index in [1.54, 1.807) is 0 Å². The van der Waals surface area contributed by atoms with Crippen molar-refractivity contribution in [1.29, 1.82) is 0 Å². The van der Waals surface area contributed by atoms with E-state index in [1.165, 1.54) is 17.6 Å². The van der Waals surface area contributed by atoms with Gasteiger partial charge in [-0.2, -0.15) is 4.98 Å². The van der Waals surface area contributed by atoms with Crippen molar-refractivity contribution in [3.63, 3.8) is 0 Å². The van der Waals surface area contributed by atoms with E-state index in [0.717, 1.165) is 29.1 Å². The molecule has 0 saturated heterocycles. The average Bonchev–Trinajstić information content (AvgIpc) is 2.94. The molecule has 6 nitrogen and oxygen atoms in total. The first-order chi connectivity index (χ1) is 13.1. The summed E-state index contributed by atoms with van der Waals surface area (Å²) in [6.07, 6.45) is 3.32. The number of hydrogen-bond donors (Lipinski definition) is 0. The van der Waals surface area contributed by atoms with Crippen molar-refractivity contribution in [2.24, 2.45) is 10.1 Å². The SMILES string of the molecule is CCN(C)C=Nc1cc(C)c(Oc2nc(/C=N/OC(C)(C)C)c(Cl)s2)cc1C. The van der Waals surface area contributed by atoms with Gasteiger partial charge in [-0.05, 0) is 64.8 Å². The van der Waals surface area contributed by atoms with Gasteiger partial charge in [-0.15, -0.1) is 0 Å². The van der Waals surface area contributed by atoms with Crippen molar-refractivity contribution in [2.75, 3.05) is 13.6 Å². The van der Waals surface area contributed by atoms with Crippen LogP contribution in [-0.4, -0.2) is 41.6 Å². The Bertz CT molecular complexity index is 872. The minimum absolute atomic E-state index is 0.372. The summed E-state index contributed by atoms with van der Waals surface area (Å²) in [5.74, 6) is 0.722. The van der Waals surface area contributed by atoms with Crippen molar-refractivity contribution in [1.82, 2.24) is 9.88 Å². The number of oxime groups is 1. The molecule has 0 saturated carbocycles. The normalized spacial score (nSPS) is 12.1. The van der Waals surface area contributed by atoms with Crippen LogP contribution >= 0.6 is 22.9 Å². The second kappa shape index (κ2) is 9.39. The van der Waals surface area contributed by atoms with Crippen molar-refractivity contribution in [2.45, 2.75) is 47.1 Å². The van der Waals surface area contributed by atoms with E-state index >= 15 is 0 Å². The number of benzene rings is 1. The van der Waals surface area contributed by atoms with Gasteiger partial charge in [0.1, 0.15) is 21.4 Å². The zero-order valence-electron chi connectivity index (χ0n) is 17.4. The lowest BCUT2D eigenvalue weighted by Gasteiger charge is -2.14. The van der Waals surface area contributed by atoms with Gasteiger partial charge in [0.25, 0.3) is 5.19 Å². The minimum atomic E-state index is -0.372. The lowest BCUT2D eigenvalue weighted by molar-refractivity contribution is 0.00197. The molecular weight excluding hydrogens is 396 g/mol. The highest BCUT2D eigenvalue weighted by Crippen LogP contribution is 2.35. The zero-order chi connectivity index (χ0) is 20.9. The Morgan fingerprint density at radius 2 is 1.96 bits per heavy atom. The van der Waals surface area contributed by atoms with E-state index < -0.39 is 0 Å². The molecule has 0 bridgehead atoms. The van der Waals surface area contributed by atoms with Gasteiger partial charge in [-0.1, -0.05) is 28.1 Å². The summed E-state index contributed by atoms with van der Waals surface area (Å²) < 4.78 is 6.45. The smallest absolute Gasteiger partial charge is 0.280 e. The number of thiazole rings is 1. The Balaban J connectivity index is 2.17. The lowest BCUT2D eigenvalue weighted by Crippen LogP contribution is -2.15. The van der Waals surface area contributed by atoms with Crippen molar-refractivity contribution >= 4 is 41.2 Å². The number of aliphatic imine (C=N–C) groups is 1. The molecule has 0 aliphatic carbocycles. The monoisotopic (exact) mass is 422 g/mol. The highest BCUT2D eigenvalue weighted by Gasteiger charge is 2.14. The predicted octanol–water partition coefficient (Wildman–Crippen LogP) is 5.97. The van der Waals surface area contributed by atoms with Crippen LogP contribution < -0.4 is 4.74 Å². The summed E-state index contributed by atoms with van der Waals surface area (Å²) in [6.45, 7) is 12.7. The molecule has 152 valence electrons. The highest BCUT2D eigenvalue weighted by molar-refractivity contribution is 7.17. The molecule has 0 atom stereocenters. The van der Waals surface area contributed by atoms with Crippen LogP contribution in [0, 0.1) is 13.8 Å². The first-order valence-corrected chi connectivity index (χ1v) is 10.2. The fourth-order valence-corrected chi connectivity index (χ4v) is 2.93. The number of rotatable bonds is 7. The van der Waals surface area contributed by atoms with E-state index in [2.05, 4.69) is 22.1 Å². The first-order valence-electron chi connectivity index (χ1n) is 9.00. The molecule has 0 fully saturated rings. The van der Waals surface area contributed by atoms with Crippen LogP contribution in [0.2, 0.25) is 4.34 Å². The molecule has 2 aromatic rings. The fourth-order valence-electron chi connectivity index (χ4n) is 2.01. The third-order valence-corrected chi connectivity index (χ3v) is 4.84. The molecule has 0 aliphatic heterocycles. The van der Waals surface area contributed by atoms with E-state index in [0.29, 0.717) is 15.2 Å². The molecule has 0 amide bonds. The van der Waals surface area contributed by atoms with Crippen molar-refractivity contribution in [3.8, 4) is 10.9 Å². The Labute approximate surface area is 175 Å². The van der Waals surface area contributed by atoms with Gasteiger partial charge < -0.3 is 14.5 Å². The van der Waals surface area contributed by atoms with E-state index in [9.17, 15) is 0 Å². The van der Waals surface area contributed by atoms with Crippen molar-refractivity contribution in [3.05, 3.63) is 33.3 Å². The second-order valence-corrected chi connectivity index (χ2v) is 8.96. The highest BCUT2D eigenvalue weighted by atomic mass is 35.5. The summed E-state index contributed by atoms with van der Waals surface area (Å²) in [6, 6.07) is 3.96. The van der Waals surface area contributed by atoms with Gasteiger partial charge in [0, 0.05) is 13.6 Å². The van der Waals surface area contributed by atoms with E-state index in [4.69, 9.17) is 21.2 Å². The van der Waals surface area contributed by atoms with E-state index in [-0.39, 0.29) is 5.60 Å². The van der Waals surface area contributed by atoms with Crippen LogP contribution in [-0.2, 0) is 4.84 Å². The zero-order valence-corrected chi connectivity index (χ0v) is 19.0. The maximum atomic E-state index is 6.25. The summed E-state index contributed by atoms with van der Waals surface area (Å²) in [5, 5.41) is 4.39. The number of halogens is 1. The maximum Gasteiger partial charge on any atom is 0.280 e. The van der Waals surface area contributed by atoms with Gasteiger partial charge in [0.05, 0.1) is 18.2 Å². The number of ether oxygens (including phenoxy) is 1. The largest absolute Gasteiger partial charge is 0.431 e. The molecule has 1 aromatic heterocycles. The molecule has 0 aliphatic rings. The summed E-state index contributed by atoms with van der Waals surface area (Å²) in [7, 11) is 1.99. The molecule has 8 heteroatoms. The molecule has 0 unspecified atom stereocenters. The third kappa shape index (κ3) is 6.49. The minimum Gasteiger partial charge on any atom is -0.431 e. The van der Waals surface area contributed by atoms with Crippen molar-refractivity contribution < 1.29 is 9.57 Å². The van der Waals surface area contributed by atoms with Crippen LogP contribution in [0.25, 0.3) is 0 Å². The van der Waals surface area contributed by atoms with Gasteiger partial charge in [-0.3, -0.25) is 0 Å².